The molecule has 1 N–H and O–H groups in total. The zero-order valence-corrected chi connectivity index (χ0v) is 14.5. The molecule has 0 atom stereocenters. The van der Waals surface area contributed by atoms with E-state index in [-0.39, 0.29) is 4.90 Å². The van der Waals surface area contributed by atoms with E-state index in [1.807, 2.05) is 39.1 Å². The van der Waals surface area contributed by atoms with Gasteiger partial charge in [0.15, 0.2) is 0 Å². The van der Waals surface area contributed by atoms with Crippen molar-refractivity contribution in [2.24, 2.45) is 7.05 Å². The summed E-state index contributed by atoms with van der Waals surface area (Å²) in [6, 6.07) is 7.58. The van der Waals surface area contributed by atoms with Crippen LogP contribution in [0.3, 0.4) is 0 Å². The Balaban J connectivity index is 1.98. The summed E-state index contributed by atoms with van der Waals surface area (Å²) in [7, 11) is -1.66. The molecule has 3 aromatic rings. The topological polar surface area (TPSA) is 68.9 Å². The number of hydrogen-bond acceptors (Lipinski definition) is 3. The van der Waals surface area contributed by atoms with Gasteiger partial charge in [0.05, 0.1) is 11.9 Å². The average Bonchev–Trinajstić information content (AvgIpc) is 3.00. The zero-order chi connectivity index (χ0) is 16.8. The van der Waals surface area contributed by atoms with Crippen molar-refractivity contribution in [3.8, 4) is 0 Å². The smallest absolute Gasteiger partial charge is 0.265 e. The molecule has 0 saturated heterocycles. The van der Waals surface area contributed by atoms with Crippen molar-refractivity contribution in [1.82, 2.24) is 14.3 Å². The normalized spacial score (nSPS) is 12.0. The highest BCUT2D eigenvalue weighted by Gasteiger charge is 2.20. The van der Waals surface area contributed by atoms with E-state index in [9.17, 15) is 8.42 Å². The molecule has 0 fully saturated rings. The van der Waals surface area contributed by atoms with E-state index in [0.717, 1.165) is 16.6 Å². The molecule has 0 radical (unpaired) electrons. The fourth-order valence-electron chi connectivity index (χ4n) is 2.77. The Morgan fingerprint density at radius 1 is 1.22 bits per heavy atom. The van der Waals surface area contributed by atoms with E-state index in [2.05, 4.69) is 14.4 Å². The molecule has 6 nitrogen and oxygen atoms in total. The van der Waals surface area contributed by atoms with Gasteiger partial charge in [0.1, 0.15) is 4.90 Å². The lowest BCUT2D eigenvalue weighted by atomic mass is 10.2. The number of aromatic nitrogens is 3. The van der Waals surface area contributed by atoms with Crippen LogP contribution in [0.25, 0.3) is 10.9 Å². The Hall–Kier alpha value is -2.28. The molecule has 0 aliphatic carbocycles. The predicted molar refractivity (Wildman–Crippen MR) is 91.1 cm³/mol. The minimum absolute atomic E-state index is 0.212. The summed E-state index contributed by atoms with van der Waals surface area (Å²) in [6.07, 6.45) is 1.40. The molecule has 0 bridgehead atoms. The number of rotatable bonds is 4. The third-order valence-corrected chi connectivity index (χ3v) is 5.67. The molecule has 0 aliphatic heterocycles. The van der Waals surface area contributed by atoms with Gasteiger partial charge < -0.3 is 4.57 Å². The number of benzene rings is 1. The second-order valence-corrected chi connectivity index (χ2v) is 7.28. The van der Waals surface area contributed by atoms with Crippen LogP contribution in [-0.4, -0.2) is 22.8 Å². The van der Waals surface area contributed by atoms with E-state index >= 15 is 0 Å². The van der Waals surface area contributed by atoms with E-state index in [1.165, 1.54) is 6.20 Å². The van der Waals surface area contributed by atoms with E-state index in [4.69, 9.17) is 0 Å². The van der Waals surface area contributed by atoms with E-state index in [0.29, 0.717) is 17.9 Å². The lowest BCUT2D eigenvalue weighted by Gasteiger charge is -2.08. The highest BCUT2D eigenvalue weighted by Crippen LogP contribution is 2.25. The minimum atomic E-state index is -3.65. The van der Waals surface area contributed by atoms with Crippen LogP contribution in [0, 0.1) is 13.8 Å². The van der Waals surface area contributed by atoms with Crippen LogP contribution in [-0.2, 0) is 23.6 Å². The summed E-state index contributed by atoms with van der Waals surface area (Å²) in [5.74, 6) is 0. The SMILES string of the molecule is CCn1ncc(S(=O)(=O)Nc2ccc3c(c2)cc(C)n3C)c1C. The average molecular weight is 332 g/mol. The van der Waals surface area contributed by atoms with Gasteiger partial charge in [-0.3, -0.25) is 9.40 Å². The summed E-state index contributed by atoms with van der Waals surface area (Å²) in [6.45, 7) is 6.34. The van der Waals surface area contributed by atoms with Crippen molar-refractivity contribution >= 4 is 26.6 Å². The second kappa shape index (κ2) is 5.42. The molecule has 23 heavy (non-hydrogen) atoms. The van der Waals surface area contributed by atoms with Crippen LogP contribution < -0.4 is 4.72 Å². The minimum Gasteiger partial charge on any atom is -0.348 e. The quantitative estimate of drug-likeness (QED) is 0.799. The molecule has 0 spiro atoms. The maximum absolute atomic E-state index is 12.6. The third-order valence-electron chi connectivity index (χ3n) is 4.18. The molecule has 122 valence electrons. The van der Waals surface area contributed by atoms with E-state index in [1.54, 1.807) is 17.7 Å². The van der Waals surface area contributed by atoms with Crippen LogP contribution in [0.5, 0.6) is 0 Å². The molecule has 2 heterocycles. The lowest BCUT2D eigenvalue weighted by Crippen LogP contribution is -2.14. The molecule has 7 heteroatoms. The summed E-state index contributed by atoms with van der Waals surface area (Å²) >= 11 is 0. The zero-order valence-electron chi connectivity index (χ0n) is 13.7. The van der Waals surface area contributed by atoms with Gasteiger partial charge >= 0.3 is 0 Å². The molecular formula is C16H20N4O2S. The Morgan fingerprint density at radius 2 is 1.96 bits per heavy atom. The van der Waals surface area contributed by atoms with Crippen LogP contribution in [0.4, 0.5) is 5.69 Å². The molecule has 0 saturated carbocycles. The summed E-state index contributed by atoms with van der Waals surface area (Å²) < 4.78 is 31.6. The fraction of sp³-hybridized carbons (Fsp3) is 0.312. The Morgan fingerprint density at radius 3 is 2.61 bits per heavy atom. The highest BCUT2D eigenvalue weighted by molar-refractivity contribution is 7.92. The standard InChI is InChI=1S/C16H20N4O2S/c1-5-20-12(3)16(10-17-20)23(21,22)18-14-6-7-15-13(9-14)8-11(2)19(15)4/h6-10,18H,5H2,1-4H3. The van der Waals surface area contributed by atoms with Crippen molar-refractivity contribution < 1.29 is 8.42 Å². The highest BCUT2D eigenvalue weighted by atomic mass is 32.2. The largest absolute Gasteiger partial charge is 0.348 e. The number of nitrogens with zero attached hydrogens (tertiary/aromatic N) is 3. The van der Waals surface area contributed by atoms with Crippen LogP contribution in [0.2, 0.25) is 0 Å². The molecule has 0 amide bonds. The van der Waals surface area contributed by atoms with Crippen molar-refractivity contribution in [1.29, 1.82) is 0 Å². The second-order valence-electron chi connectivity index (χ2n) is 5.63. The summed E-state index contributed by atoms with van der Waals surface area (Å²) in [4.78, 5) is 0.212. The van der Waals surface area contributed by atoms with Gasteiger partial charge in [0.25, 0.3) is 10.0 Å². The van der Waals surface area contributed by atoms with Gasteiger partial charge in [-0.1, -0.05) is 0 Å². The van der Waals surface area contributed by atoms with Crippen molar-refractivity contribution in [2.75, 3.05) is 4.72 Å². The Labute approximate surface area is 135 Å². The van der Waals surface area contributed by atoms with Gasteiger partial charge in [-0.15, -0.1) is 0 Å². The van der Waals surface area contributed by atoms with Crippen molar-refractivity contribution in [2.45, 2.75) is 32.2 Å². The predicted octanol–water partition coefficient (Wildman–Crippen LogP) is 2.81. The van der Waals surface area contributed by atoms with Gasteiger partial charge in [-0.05, 0) is 45.0 Å². The first-order valence-corrected chi connectivity index (χ1v) is 8.93. The third kappa shape index (κ3) is 2.61. The van der Waals surface area contributed by atoms with Gasteiger partial charge in [0.2, 0.25) is 0 Å². The Bertz CT molecular complexity index is 983. The molecule has 1 aromatic carbocycles. The van der Waals surface area contributed by atoms with Crippen molar-refractivity contribution in [3.05, 3.63) is 41.9 Å². The molecule has 0 aliphatic rings. The number of anilines is 1. The van der Waals surface area contributed by atoms with E-state index < -0.39 is 10.0 Å². The first-order valence-electron chi connectivity index (χ1n) is 7.45. The Kier molecular flexibility index (Phi) is 3.68. The molecule has 0 unspecified atom stereocenters. The maximum atomic E-state index is 12.6. The van der Waals surface area contributed by atoms with Crippen LogP contribution >= 0.6 is 0 Å². The number of nitrogens with one attached hydrogen (secondary N) is 1. The van der Waals surface area contributed by atoms with Gasteiger partial charge in [0, 0.05) is 35.9 Å². The summed E-state index contributed by atoms with van der Waals surface area (Å²) in [5.41, 5.74) is 3.38. The maximum Gasteiger partial charge on any atom is 0.265 e. The molecular weight excluding hydrogens is 312 g/mol. The van der Waals surface area contributed by atoms with Crippen LogP contribution in [0.1, 0.15) is 18.3 Å². The fourth-order valence-corrected chi connectivity index (χ4v) is 4.00. The van der Waals surface area contributed by atoms with Gasteiger partial charge in [-0.2, -0.15) is 5.10 Å². The first-order chi connectivity index (χ1) is 10.8. The number of sulfonamides is 1. The molecule has 3 rings (SSSR count). The first kappa shape index (κ1) is 15.6. The van der Waals surface area contributed by atoms with Crippen molar-refractivity contribution in [3.63, 3.8) is 0 Å². The summed E-state index contributed by atoms with van der Waals surface area (Å²) in [5, 5.41) is 5.11. The monoisotopic (exact) mass is 332 g/mol. The van der Waals surface area contributed by atoms with Crippen LogP contribution in [0.15, 0.2) is 35.4 Å². The number of hydrogen-bond donors (Lipinski definition) is 1. The molecule has 2 aromatic heterocycles. The van der Waals surface area contributed by atoms with Gasteiger partial charge in [-0.25, -0.2) is 8.42 Å². The number of fused-ring (bicyclic) bond motifs is 1. The number of aryl methyl sites for hydroxylation is 3. The lowest BCUT2D eigenvalue weighted by molar-refractivity contribution is 0.598.